The predicted molar refractivity (Wildman–Crippen MR) is 54.4 cm³/mol. The van der Waals surface area contributed by atoms with Crippen molar-refractivity contribution in [3.63, 3.8) is 0 Å². The molecule has 1 heterocycles. The van der Waals surface area contributed by atoms with Gasteiger partial charge in [0.15, 0.2) is 0 Å². The Morgan fingerprint density at radius 3 is 2.94 bits per heavy atom. The molecule has 2 aromatic rings. The van der Waals surface area contributed by atoms with E-state index in [1.54, 1.807) is 23.3 Å². The third kappa shape index (κ3) is 2.05. The lowest BCUT2D eigenvalue weighted by Crippen LogP contribution is -1.99. The molecule has 0 radical (unpaired) electrons. The van der Waals surface area contributed by atoms with E-state index in [-0.39, 0.29) is 0 Å². The second-order valence-electron chi connectivity index (χ2n) is 3.28. The predicted octanol–water partition coefficient (Wildman–Crippen LogP) is 1.98. The molecule has 1 aromatic carbocycles. The molecule has 0 bridgehead atoms. The lowest BCUT2D eigenvalue weighted by Gasteiger charge is -2.02. The smallest absolute Gasteiger partial charge is 0.305 e. The highest BCUT2D eigenvalue weighted by Gasteiger charge is 2.14. The zero-order valence-electron chi connectivity index (χ0n) is 8.21. The minimum absolute atomic E-state index is 0.432. The largest absolute Gasteiger partial charge is 0.333 e. The standard InChI is InChI=1S/C10H8FN3O2/c11-9-2-1-8(5-10(9)14(15)16)6-13-4-3-12-7-13/h1-5,7H,6H2. The van der Waals surface area contributed by atoms with Gasteiger partial charge < -0.3 is 4.57 Å². The molecule has 2 rings (SSSR count). The first-order valence-corrected chi connectivity index (χ1v) is 4.55. The van der Waals surface area contributed by atoms with Gasteiger partial charge in [-0.2, -0.15) is 4.39 Å². The van der Waals surface area contributed by atoms with E-state index in [2.05, 4.69) is 4.98 Å². The fourth-order valence-corrected chi connectivity index (χ4v) is 1.39. The summed E-state index contributed by atoms with van der Waals surface area (Å²) in [5, 5.41) is 10.5. The first-order chi connectivity index (χ1) is 7.66. The number of imidazole rings is 1. The fraction of sp³-hybridized carbons (Fsp3) is 0.100. The Morgan fingerprint density at radius 1 is 1.50 bits per heavy atom. The van der Waals surface area contributed by atoms with E-state index >= 15 is 0 Å². The number of rotatable bonds is 3. The summed E-state index contributed by atoms with van der Waals surface area (Å²) in [6.07, 6.45) is 4.93. The maximum absolute atomic E-state index is 13.0. The second-order valence-corrected chi connectivity index (χ2v) is 3.28. The van der Waals surface area contributed by atoms with Crippen LogP contribution in [0.5, 0.6) is 0 Å². The lowest BCUT2D eigenvalue weighted by atomic mass is 10.2. The fourth-order valence-electron chi connectivity index (χ4n) is 1.39. The molecular weight excluding hydrogens is 213 g/mol. The first-order valence-electron chi connectivity index (χ1n) is 4.55. The highest BCUT2D eigenvalue weighted by atomic mass is 19.1. The van der Waals surface area contributed by atoms with Crippen LogP contribution in [0.25, 0.3) is 0 Å². The molecule has 0 unspecified atom stereocenters. The molecule has 0 aliphatic heterocycles. The zero-order chi connectivity index (χ0) is 11.5. The summed E-state index contributed by atoms with van der Waals surface area (Å²) < 4.78 is 14.8. The van der Waals surface area contributed by atoms with Gasteiger partial charge in [-0.05, 0) is 11.6 Å². The van der Waals surface area contributed by atoms with Gasteiger partial charge in [-0.3, -0.25) is 10.1 Å². The van der Waals surface area contributed by atoms with Crippen LogP contribution in [-0.4, -0.2) is 14.5 Å². The van der Waals surface area contributed by atoms with Gasteiger partial charge in [0, 0.05) is 25.0 Å². The van der Waals surface area contributed by atoms with Crippen molar-refractivity contribution in [1.29, 1.82) is 0 Å². The third-order valence-corrected chi connectivity index (χ3v) is 2.13. The van der Waals surface area contributed by atoms with Crippen LogP contribution in [0.4, 0.5) is 10.1 Å². The molecule has 0 N–H and O–H groups in total. The summed E-state index contributed by atoms with van der Waals surface area (Å²) in [5.74, 6) is -0.820. The number of nitrogens with zero attached hydrogens (tertiary/aromatic N) is 3. The van der Waals surface area contributed by atoms with E-state index in [1.165, 1.54) is 12.1 Å². The Morgan fingerprint density at radius 2 is 2.31 bits per heavy atom. The average Bonchev–Trinajstić information content (AvgIpc) is 2.73. The van der Waals surface area contributed by atoms with E-state index in [9.17, 15) is 14.5 Å². The molecule has 5 nitrogen and oxygen atoms in total. The molecule has 6 heteroatoms. The molecule has 0 atom stereocenters. The number of nitro benzene ring substituents is 1. The monoisotopic (exact) mass is 221 g/mol. The number of hydrogen-bond donors (Lipinski definition) is 0. The molecule has 82 valence electrons. The topological polar surface area (TPSA) is 61.0 Å². The Hall–Kier alpha value is -2.24. The van der Waals surface area contributed by atoms with Gasteiger partial charge in [0.2, 0.25) is 5.82 Å². The lowest BCUT2D eigenvalue weighted by molar-refractivity contribution is -0.387. The summed E-state index contributed by atoms with van der Waals surface area (Å²) >= 11 is 0. The van der Waals surface area contributed by atoms with Gasteiger partial charge in [-0.15, -0.1) is 0 Å². The minimum Gasteiger partial charge on any atom is -0.333 e. The first kappa shape index (κ1) is 10.3. The number of benzene rings is 1. The van der Waals surface area contributed by atoms with Gasteiger partial charge in [-0.1, -0.05) is 6.07 Å². The number of hydrogen-bond acceptors (Lipinski definition) is 3. The van der Waals surface area contributed by atoms with E-state index < -0.39 is 16.4 Å². The van der Waals surface area contributed by atoms with E-state index in [1.807, 2.05) is 0 Å². The zero-order valence-corrected chi connectivity index (χ0v) is 8.21. The minimum atomic E-state index is -0.820. The highest BCUT2D eigenvalue weighted by molar-refractivity contribution is 5.36. The van der Waals surface area contributed by atoms with Crippen molar-refractivity contribution < 1.29 is 9.31 Å². The molecular formula is C10H8FN3O2. The van der Waals surface area contributed by atoms with Crippen molar-refractivity contribution in [2.24, 2.45) is 0 Å². The van der Waals surface area contributed by atoms with Crippen molar-refractivity contribution in [1.82, 2.24) is 9.55 Å². The van der Waals surface area contributed by atoms with Crippen LogP contribution < -0.4 is 0 Å². The SMILES string of the molecule is O=[N+]([O-])c1cc(Cn2ccnc2)ccc1F. The number of aromatic nitrogens is 2. The molecule has 0 fully saturated rings. The normalized spacial score (nSPS) is 10.3. The summed E-state index contributed by atoms with van der Waals surface area (Å²) in [5.41, 5.74) is 0.156. The van der Waals surface area contributed by atoms with Crippen LogP contribution in [0.2, 0.25) is 0 Å². The van der Waals surface area contributed by atoms with E-state index in [0.717, 1.165) is 6.07 Å². The van der Waals surface area contributed by atoms with Crippen molar-refractivity contribution in [3.8, 4) is 0 Å². The molecule has 0 aliphatic rings. The van der Waals surface area contributed by atoms with Gasteiger partial charge in [0.25, 0.3) is 0 Å². The summed E-state index contributed by atoms with van der Waals surface area (Å²) in [6.45, 7) is 0.432. The van der Waals surface area contributed by atoms with Crippen LogP contribution in [0.3, 0.4) is 0 Å². The van der Waals surface area contributed by atoms with Crippen molar-refractivity contribution in [2.45, 2.75) is 6.54 Å². The number of halogens is 1. The second kappa shape index (κ2) is 4.09. The molecule has 16 heavy (non-hydrogen) atoms. The van der Waals surface area contributed by atoms with Crippen LogP contribution in [0.15, 0.2) is 36.9 Å². The van der Waals surface area contributed by atoms with Crippen molar-refractivity contribution in [3.05, 3.63) is 58.4 Å². The summed E-state index contributed by atoms with van der Waals surface area (Å²) in [6, 6.07) is 3.85. The summed E-state index contributed by atoms with van der Waals surface area (Å²) in [4.78, 5) is 13.6. The van der Waals surface area contributed by atoms with Gasteiger partial charge in [0.1, 0.15) is 0 Å². The maximum Gasteiger partial charge on any atom is 0.305 e. The Labute approximate surface area is 90.3 Å². The quantitative estimate of drug-likeness (QED) is 0.588. The molecule has 0 saturated carbocycles. The van der Waals surface area contributed by atoms with Crippen LogP contribution in [0.1, 0.15) is 5.56 Å². The molecule has 0 aliphatic carbocycles. The average molecular weight is 221 g/mol. The van der Waals surface area contributed by atoms with Crippen molar-refractivity contribution in [2.75, 3.05) is 0 Å². The van der Waals surface area contributed by atoms with Gasteiger partial charge >= 0.3 is 5.69 Å². The molecule has 0 spiro atoms. The van der Waals surface area contributed by atoms with Crippen molar-refractivity contribution >= 4 is 5.69 Å². The van der Waals surface area contributed by atoms with Crippen LogP contribution >= 0.6 is 0 Å². The van der Waals surface area contributed by atoms with E-state index in [0.29, 0.717) is 12.1 Å². The van der Waals surface area contributed by atoms with Crippen LogP contribution in [0, 0.1) is 15.9 Å². The van der Waals surface area contributed by atoms with Gasteiger partial charge in [0.05, 0.1) is 11.3 Å². The van der Waals surface area contributed by atoms with Crippen LogP contribution in [-0.2, 0) is 6.54 Å². The third-order valence-electron chi connectivity index (χ3n) is 2.13. The molecule has 0 saturated heterocycles. The number of nitro groups is 1. The Bertz CT molecular complexity index is 511. The molecule has 1 aromatic heterocycles. The highest BCUT2D eigenvalue weighted by Crippen LogP contribution is 2.18. The summed E-state index contributed by atoms with van der Waals surface area (Å²) in [7, 11) is 0. The van der Waals surface area contributed by atoms with Gasteiger partial charge in [-0.25, -0.2) is 4.98 Å². The Kier molecular flexibility index (Phi) is 2.63. The maximum atomic E-state index is 13.0. The Balaban J connectivity index is 2.29. The van der Waals surface area contributed by atoms with E-state index in [4.69, 9.17) is 0 Å². The molecule has 0 amide bonds.